The van der Waals surface area contributed by atoms with Crippen molar-refractivity contribution in [2.75, 3.05) is 26.1 Å². The predicted octanol–water partition coefficient (Wildman–Crippen LogP) is 2.46. The maximum absolute atomic E-state index is 11.9. The number of rotatable bonds is 5. The first kappa shape index (κ1) is 14.6. The molecule has 1 atom stereocenters. The zero-order chi connectivity index (χ0) is 14.7. The monoisotopic (exact) mass is 294 g/mol. The molecule has 0 spiro atoms. The second-order valence-electron chi connectivity index (χ2n) is 4.52. The highest BCUT2D eigenvalue weighted by molar-refractivity contribution is 7.21. The Labute approximate surface area is 121 Å². The van der Waals surface area contributed by atoms with Crippen molar-refractivity contribution >= 4 is 33.1 Å². The van der Waals surface area contributed by atoms with E-state index in [-0.39, 0.29) is 12.0 Å². The lowest BCUT2D eigenvalue weighted by atomic mass is 10.2. The molecule has 108 valence electrons. The van der Waals surface area contributed by atoms with Crippen LogP contribution >= 0.6 is 11.3 Å². The summed E-state index contributed by atoms with van der Waals surface area (Å²) in [6.07, 6.45) is 0. The van der Waals surface area contributed by atoms with Crippen LogP contribution in [0.1, 0.15) is 16.6 Å². The van der Waals surface area contributed by atoms with Crippen LogP contribution in [-0.2, 0) is 4.74 Å². The van der Waals surface area contributed by atoms with Crippen molar-refractivity contribution < 1.29 is 14.3 Å². The molecule has 3 N–H and O–H groups in total. The van der Waals surface area contributed by atoms with E-state index in [1.165, 1.54) is 18.4 Å². The Kier molecular flexibility index (Phi) is 4.46. The number of nitrogens with two attached hydrogens (primary N) is 1. The molecule has 20 heavy (non-hydrogen) atoms. The fourth-order valence-electron chi connectivity index (χ4n) is 1.88. The van der Waals surface area contributed by atoms with Gasteiger partial charge in [-0.1, -0.05) is 0 Å². The van der Waals surface area contributed by atoms with Crippen molar-refractivity contribution in [3.8, 4) is 5.75 Å². The van der Waals surface area contributed by atoms with Gasteiger partial charge in [0.15, 0.2) is 0 Å². The summed E-state index contributed by atoms with van der Waals surface area (Å²) in [5, 5.41) is 4.17. The summed E-state index contributed by atoms with van der Waals surface area (Å²) >= 11 is 1.39. The Hall–Kier alpha value is -1.79. The number of esters is 1. The average molecular weight is 294 g/mol. The minimum absolute atomic E-state index is 0.0129. The molecule has 0 bridgehead atoms. The maximum Gasteiger partial charge on any atom is 0.350 e. The fourth-order valence-corrected chi connectivity index (χ4v) is 2.96. The lowest BCUT2D eigenvalue weighted by Gasteiger charge is -2.10. The van der Waals surface area contributed by atoms with E-state index in [2.05, 4.69) is 5.32 Å². The first-order valence-electron chi connectivity index (χ1n) is 6.25. The molecule has 0 unspecified atom stereocenters. The molecule has 0 saturated carbocycles. The number of carbonyl (C=O) groups is 1. The van der Waals surface area contributed by atoms with E-state index in [1.807, 2.05) is 25.1 Å². The Morgan fingerprint density at radius 3 is 2.80 bits per heavy atom. The molecule has 6 heteroatoms. The Morgan fingerprint density at radius 2 is 2.20 bits per heavy atom. The van der Waals surface area contributed by atoms with Crippen LogP contribution in [-0.4, -0.2) is 32.8 Å². The quantitative estimate of drug-likeness (QED) is 0.829. The Morgan fingerprint density at radius 1 is 1.45 bits per heavy atom. The zero-order valence-electron chi connectivity index (χ0n) is 11.7. The molecule has 1 heterocycles. The predicted molar refractivity (Wildman–Crippen MR) is 81.9 cm³/mol. The van der Waals surface area contributed by atoms with Crippen molar-refractivity contribution in [2.24, 2.45) is 5.73 Å². The summed E-state index contributed by atoms with van der Waals surface area (Å²) < 4.78 is 11.1. The van der Waals surface area contributed by atoms with Crippen molar-refractivity contribution in [1.29, 1.82) is 0 Å². The third kappa shape index (κ3) is 2.86. The summed E-state index contributed by atoms with van der Waals surface area (Å²) in [5.41, 5.74) is 6.53. The largest absolute Gasteiger partial charge is 0.497 e. The fraction of sp³-hybridized carbons (Fsp3) is 0.357. The Balaban J connectivity index is 2.53. The van der Waals surface area contributed by atoms with Gasteiger partial charge in [-0.2, -0.15) is 0 Å². The molecule has 0 amide bonds. The maximum atomic E-state index is 11.9. The summed E-state index contributed by atoms with van der Waals surface area (Å²) in [5.74, 6) is 0.396. The van der Waals surface area contributed by atoms with E-state index >= 15 is 0 Å². The summed E-state index contributed by atoms with van der Waals surface area (Å²) in [6.45, 7) is 2.48. The van der Waals surface area contributed by atoms with Gasteiger partial charge in [0.1, 0.15) is 10.6 Å². The standard InChI is InChI=1S/C14H18N2O3S/c1-8(15)7-16-12-10-6-9(18-2)4-5-11(10)20-13(12)14(17)19-3/h4-6,8,16H,7,15H2,1-3H3/t8-/m0/s1. The smallest absolute Gasteiger partial charge is 0.350 e. The SMILES string of the molecule is COC(=O)c1sc2ccc(OC)cc2c1NC[C@H](C)N. The number of hydrogen-bond acceptors (Lipinski definition) is 6. The number of thiophene rings is 1. The normalized spacial score (nSPS) is 12.2. The molecular weight excluding hydrogens is 276 g/mol. The summed E-state index contributed by atoms with van der Waals surface area (Å²) in [6, 6.07) is 5.69. The molecule has 0 saturated heterocycles. The molecule has 0 aliphatic carbocycles. The van der Waals surface area contributed by atoms with Gasteiger partial charge in [0.2, 0.25) is 0 Å². The second kappa shape index (κ2) is 6.11. The molecule has 0 fully saturated rings. The highest BCUT2D eigenvalue weighted by Crippen LogP contribution is 2.38. The number of hydrogen-bond donors (Lipinski definition) is 2. The third-order valence-electron chi connectivity index (χ3n) is 2.87. The van der Waals surface area contributed by atoms with Crippen LogP contribution in [0.4, 0.5) is 5.69 Å². The first-order valence-corrected chi connectivity index (χ1v) is 7.06. The lowest BCUT2D eigenvalue weighted by molar-refractivity contribution is 0.0607. The molecular formula is C14H18N2O3S. The first-order chi connectivity index (χ1) is 9.56. The van der Waals surface area contributed by atoms with Crippen LogP contribution < -0.4 is 15.8 Å². The number of fused-ring (bicyclic) bond motifs is 1. The number of carbonyl (C=O) groups excluding carboxylic acids is 1. The van der Waals surface area contributed by atoms with Crippen molar-refractivity contribution in [3.63, 3.8) is 0 Å². The van der Waals surface area contributed by atoms with Gasteiger partial charge < -0.3 is 20.5 Å². The Bertz CT molecular complexity index is 622. The number of ether oxygens (including phenoxy) is 2. The van der Waals surface area contributed by atoms with Crippen LogP contribution in [0.5, 0.6) is 5.75 Å². The lowest BCUT2D eigenvalue weighted by Crippen LogP contribution is -2.25. The highest BCUT2D eigenvalue weighted by atomic mass is 32.1. The van der Waals surface area contributed by atoms with E-state index in [4.69, 9.17) is 15.2 Å². The van der Waals surface area contributed by atoms with Crippen LogP contribution in [0, 0.1) is 0 Å². The van der Waals surface area contributed by atoms with Crippen LogP contribution in [0.25, 0.3) is 10.1 Å². The molecule has 2 aromatic rings. The number of nitrogens with one attached hydrogen (secondary N) is 1. The average Bonchev–Trinajstić information content (AvgIpc) is 2.81. The highest BCUT2D eigenvalue weighted by Gasteiger charge is 2.19. The van der Waals surface area contributed by atoms with Crippen molar-refractivity contribution in [3.05, 3.63) is 23.1 Å². The van der Waals surface area contributed by atoms with Gasteiger partial charge >= 0.3 is 5.97 Å². The van der Waals surface area contributed by atoms with Crippen LogP contribution in [0.15, 0.2) is 18.2 Å². The van der Waals surface area contributed by atoms with E-state index in [9.17, 15) is 4.79 Å². The van der Waals surface area contributed by atoms with Crippen LogP contribution in [0.3, 0.4) is 0 Å². The van der Waals surface area contributed by atoms with E-state index in [0.717, 1.165) is 21.5 Å². The van der Waals surface area contributed by atoms with Crippen molar-refractivity contribution in [2.45, 2.75) is 13.0 Å². The molecule has 1 aromatic carbocycles. The molecule has 0 radical (unpaired) electrons. The van der Waals surface area contributed by atoms with Gasteiger partial charge in [-0.05, 0) is 25.1 Å². The summed E-state index contributed by atoms with van der Waals surface area (Å²) in [7, 11) is 2.99. The minimum Gasteiger partial charge on any atom is -0.497 e. The van der Waals surface area contributed by atoms with Crippen LogP contribution in [0.2, 0.25) is 0 Å². The molecule has 1 aromatic heterocycles. The van der Waals surface area contributed by atoms with E-state index in [0.29, 0.717) is 11.4 Å². The summed E-state index contributed by atoms with van der Waals surface area (Å²) in [4.78, 5) is 12.4. The number of anilines is 1. The minimum atomic E-state index is -0.350. The van der Waals surface area contributed by atoms with Gasteiger partial charge in [-0.3, -0.25) is 0 Å². The van der Waals surface area contributed by atoms with Gasteiger partial charge in [0, 0.05) is 22.7 Å². The van der Waals surface area contributed by atoms with Crippen molar-refractivity contribution in [1.82, 2.24) is 0 Å². The van der Waals surface area contributed by atoms with Gasteiger partial charge in [0.25, 0.3) is 0 Å². The molecule has 2 rings (SSSR count). The molecule has 0 aliphatic rings. The molecule has 0 aliphatic heterocycles. The van der Waals surface area contributed by atoms with Gasteiger partial charge in [-0.25, -0.2) is 4.79 Å². The number of methoxy groups -OCH3 is 2. The number of benzene rings is 1. The van der Waals surface area contributed by atoms with E-state index in [1.54, 1.807) is 7.11 Å². The van der Waals surface area contributed by atoms with E-state index < -0.39 is 0 Å². The van der Waals surface area contributed by atoms with Gasteiger partial charge in [0.05, 0.1) is 19.9 Å². The third-order valence-corrected chi connectivity index (χ3v) is 4.02. The molecule has 5 nitrogen and oxygen atoms in total. The zero-order valence-corrected chi connectivity index (χ0v) is 12.5. The topological polar surface area (TPSA) is 73.6 Å². The second-order valence-corrected chi connectivity index (χ2v) is 5.57. The van der Waals surface area contributed by atoms with Gasteiger partial charge in [-0.15, -0.1) is 11.3 Å².